The van der Waals surface area contributed by atoms with Crippen LogP contribution in [0.5, 0.6) is 0 Å². The molecular weight excluding hydrogens is 268 g/mol. The largest absolute Gasteiger partial charge is 0.389 e. The number of nitrogens with two attached hydrogens (primary N) is 1. The van der Waals surface area contributed by atoms with Gasteiger partial charge >= 0.3 is 0 Å². The van der Waals surface area contributed by atoms with Gasteiger partial charge in [0.05, 0.1) is 11.3 Å². The number of sulfonamides is 1. The number of hydrazine groups is 1. The standard InChI is InChI=1S/C11H20N4O3S/c1-4-15(8-11(2,3)16)19(17,18)10-7-13-6-5-9(10)14-12/h5-7,16H,4,8,12H2,1-3H3,(H,13,14). The first-order valence-electron chi connectivity index (χ1n) is 5.85. The summed E-state index contributed by atoms with van der Waals surface area (Å²) in [6.07, 6.45) is 2.68. The van der Waals surface area contributed by atoms with Crippen molar-refractivity contribution in [2.45, 2.75) is 31.3 Å². The summed E-state index contributed by atoms with van der Waals surface area (Å²) in [5.41, 5.74) is 1.48. The molecule has 0 fully saturated rings. The van der Waals surface area contributed by atoms with Crippen LogP contribution in [-0.2, 0) is 10.0 Å². The van der Waals surface area contributed by atoms with Gasteiger partial charge in [-0.3, -0.25) is 10.8 Å². The quantitative estimate of drug-likeness (QED) is 0.508. The maximum atomic E-state index is 12.5. The average Bonchev–Trinajstić information content (AvgIpc) is 2.34. The van der Waals surface area contributed by atoms with Crippen molar-refractivity contribution < 1.29 is 13.5 Å². The van der Waals surface area contributed by atoms with Crippen molar-refractivity contribution in [2.75, 3.05) is 18.5 Å². The zero-order valence-corrected chi connectivity index (χ0v) is 12.1. The zero-order valence-electron chi connectivity index (χ0n) is 11.3. The lowest BCUT2D eigenvalue weighted by Crippen LogP contribution is -2.42. The van der Waals surface area contributed by atoms with Gasteiger partial charge in [0.2, 0.25) is 10.0 Å². The lowest BCUT2D eigenvalue weighted by Gasteiger charge is -2.27. The van der Waals surface area contributed by atoms with E-state index in [1.54, 1.807) is 20.8 Å². The highest BCUT2D eigenvalue weighted by atomic mass is 32.2. The van der Waals surface area contributed by atoms with E-state index in [2.05, 4.69) is 10.4 Å². The summed E-state index contributed by atoms with van der Waals surface area (Å²) < 4.78 is 26.2. The Morgan fingerprint density at radius 1 is 1.53 bits per heavy atom. The second-order valence-corrected chi connectivity index (χ2v) is 6.67. The molecule has 0 radical (unpaired) electrons. The third-order valence-electron chi connectivity index (χ3n) is 2.47. The van der Waals surface area contributed by atoms with Crippen LogP contribution in [0, 0.1) is 0 Å². The number of hydrogen-bond acceptors (Lipinski definition) is 6. The molecule has 0 aliphatic rings. The lowest BCUT2D eigenvalue weighted by atomic mass is 10.1. The summed E-state index contributed by atoms with van der Waals surface area (Å²) in [4.78, 5) is 3.80. The number of hydrogen-bond donors (Lipinski definition) is 3. The number of anilines is 1. The van der Waals surface area contributed by atoms with Crippen LogP contribution >= 0.6 is 0 Å². The molecule has 0 saturated heterocycles. The average molecular weight is 288 g/mol. The zero-order chi connectivity index (χ0) is 14.7. The van der Waals surface area contributed by atoms with Gasteiger partial charge in [-0.2, -0.15) is 4.31 Å². The summed E-state index contributed by atoms with van der Waals surface area (Å²) in [5.74, 6) is 5.31. The number of likely N-dealkylation sites (N-methyl/N-ethyl adjacent to an activating group) is 1. The number of pyridine rings is 1. The molecule has 0 spiro atoms. The molecule has 7 nitrogen and oxygen atoms in total. The van der Waals surface area contributed by atoms with Crippen LogP contribution in [-0.4, -0.2) is 41.5 Å². The molecule has 1 aromatic heterocycles. The molecule has 19 heavy (non-hydrogen) atoms. The van der Waals surface area contributed by atoms with Gasteiger partial charge in [0.25, 0.3) is 0 Å². The van der Waals surface area contributed by atoms with E-state index in [4.69, 9.17) is 5.84 Å². The lowest BCUT2D eigenvalue weighted by molar-refractivity contribution is 0.0601. The third kappa shape index (κ3) is 3.87. The Labute approximate surface area is 113 Å². The maximum absolute atomic E-state index is 12.5. The van der Waals surface area contributed by atoms with Gasteiger partial charge in [-0.25, -0.2) is 8.42 Å². The van der Waals surface area contributed by atoms with E-state index in [0.717, 1.165) is 0 Å². The van der Waals surface area contributed by atoms with E-state index in [0.29, 0.717) is 0 Å². The molecule has 8 heteroatoms. The van der Waals surface area contributed by atoms with Crippen molar-refractivity contribution in [1.82, 2.24) is 9.29 Å². The number of nitrogens with one attached hydrogen (secondary N) is 1. The van der Waals surface area contributed by atoms with Gasteiger partial charge in [0.15, 0.2) is 0 Å². The van der Waals surface area contributed by atoms with Crippen LogP contribution < -0.4 is 11.3 Å². The predicted molar refractivity (Wildman–Crippen MR) is 72.8 cm³/mol. The van der Waals surface area contributed by atoms with Gasteiger partial charge in [0, 0.05) is 25.5 Å². The van der Waals surface area contributed by atoms with E-state index < -0.39 is 15.6 Å². The third-order valence-corrected chi connectivity index (χ3v) is 4.42. The van der Waals surface area contributed by atoms with Crippen LogP contribution in [0.4, 0.5) is 5.69 Å². The van der Waals surface area contributed by atoms with Gasteiger partial charge in [-0.15, -0.1) is 0 Å². The first-order valence-corrected chi connectivity index (χ1v) is 7.29. The van der Waals surface area contributed by atoms with Crippen molar-refractivity contribution in [1.29, 1.82) is 0 Å². The maximum Gasteiger partial charge on any atom is 0.246 e. The minimum Gasteiger partial charge on any atom is -0.389 e. The van der Waals surface area contributed by atoms with Crippen molar-refractivity contribution in [3.63, 3.8) is 0 Å². The highest BCUT2D eigenvalue weighted by Crippen LogP contribution is 2.23. The molecule has 1 heterocycles. The smallest absolute Gasteiger partial charge is 0.246 e. The Balaban J connectivity index is 3.21. The molecular formula is C11H20N4O3S. The van der Waals surface area contributed by atoms with Crippen LogP contribution in [0.2, 0.25) is 0 Å². The fourth-order valence-corrected chi connectivity index (χ4v) is 3.35. The Bertz CT molecular complexity index is 525. The molecule has 4 N–H and O–H groups in total. The molecule has 108 valence electrons. The molecule has 0 atom stereocenters. The van der Waals surface area contributed by atoms with E-state index in [1.165, 1.54) is 22.8 Å². The first-order chi connectivity index (χ1) is 8.72. The Morgan fingerprint density at radius 2 is 2.16 bits per heavy atom. The summed E-state index contributed by atoms with van der Waals surface area (Å²) in [5, 5.41) is 9.79. The van der Waals surface area contributed by atoms with Crippen molar-refractivity contribution in [3.8, 4) is 0 Å². The van der Waals surface area contributed by atoms with E-state index >= 15 is 0 Å². The summed E-state index contributed by atoms with van der Waals surface area (Å²) in [6, 6.07) is 1.48. The van der Waals surface area contributed by atoms with E-state index in [9.17, 15) is 13.5 Å². The SMILES string of the molecule is CCN(CC(C)(C)O)S(=O)(=O)c1cnccc1NN. The fraction of sp³-hybridized carbons (Fsp3) is 0.545. The number of nitrogens with zero attached hydrogens (tertiary/aromatic N) is 2. The Hall–Kier alpha value is -1.22. The normalized spacial score (nSPS) is 12.7. The van der Waals surface area contributed by atoms with Crippen LogP contribution in [0.1, 0.15) is 20.8 Å². The Kier molecular flexibility index (Phi) is 4.86. The topological polar surface area (TPSA) is 109 Å². The summed E-state index contributed by atoms with van der Waals surface area (Å²) in [6.45, 7) is 5.04. The molecule has 0 aliphatic carbocycles. The molecule has 1 rings (SSSR count). The van der Waals surface area contributed by atoms with Crippen molar-refractivity contribution >= 4 is 15.7 Å². The second kappa shape index (κ2) is 5.83. The van der Waals surface area contributed by atoms with Crippen molar-refractivity contribution in [2.24, 2.45) is 5.84 Å². The monoisotopic (exact) mass is 288 g/mol. The number of rotatable bonds is 6. The van der Waals surface area contributed by atoms with Gasteiger partial charge in [0.1, 0.15) is 4.90 Å². The molecule has 0 saturated carbocycles. The highest BCUT2D eigenvalue weighted by Gasteiger charge is 2.30. The van der Waals surface area contributed by atoms with Gasteiger partial charge in [-0.1, -0.05) is 6.92 Å². The molecule has 0 aromatic carbocycles. The number of aromatic nitrogens is 1. The van der Waals surface area contributed by atoms with Gasteiger partial charge in [-0.05, 0) is 19.9 Å². The molecule has 1 aromatic rings. The minimum atomic E-state index is -3.76. The molecule has 0 unspecified atom stereocenters. The second-order valence-electron chi connectivity index (χ2n) is 4.76. The number of nitrogen functional groups attached to an aromatic ring is 1. The number of aliphatic hydroxyl groups is 1. The van der Waals surface area contributed by atoms with E-state index in [-0.39, 0.29) is 23.7 Å². The van der Waals surface area contributed by atoms with E-state index in [1.807, 2.05) is 0 Å². The van der Waals surface area contributed by atoms with Crippen LogP contribution in [0.3, 0.4) is 0 Å². The first kappa shape index (κ1) is 15.8. The fourth-order valence-electron chi connectivity index (χ4n) is 1.64. The highest BCUT2D eigenvalue weighted by molar-refractivity contribution is 7.89. The summed E-state index contributed by atoms with van der Waals surface area (Å²) in [7, 11) is -3.76. The molecule has 0 aliphatic heterocycles. The van der Waals surface area contributed by atoms with Gasteiger partial charge < -0.3 is 10.5 Å². The molecule has 0 bridgehead atoms. The van der Waals surface area contributed by atoms with Crippen LogP contribution in [0.15, 0.2) is 23.4 Å². The van der Waals surface area contributed by atoms with Crippen LogP contribution in [0.25, 0.3) is 0 Å². The predicted octanol–water partition coefficient (Wildman–Crippen LogP) is 0.149. The minimum absolute atomic E-state index is 0.00919. The Morgan fingerprint density at radius 3 is 2.63 bits per heavy atom. The molecule has 0 amide bonds. The summed E-state index contributed by atoms with van der Waals surface area (Å²) >= 11 is 0. The van der Waals surface area contributed by atoms with Crippen molar-refractivity contribution in [3.05, 3.63) is 18.5 Å².